The number of likely N-dealkylation sites (tertiary alicyclic amines) is 1. The van der Waals surface area contributed by atoms with Crippen LogP contribution in [0, 0.1) is 0 Å². The van der Waals surface area contributed by atoms with E-state index in [9.17, 15) is 4.79 Å². The van der Waals surface area contributed by atoms with Gasteiger partial charge in [-0.3, -0.25) is 4.79 Å². The van der Waals surface area contributed by atoms with E-state index in [4.69, 9.17) is 0 Å². The Hall–Kier alpha value is -0.940. The lowest BCUT2D eigenvalue weighted by Gasteiger charge is -2.21. The highest BCUT2D eigenvalue weighted by Gasteiger charge is 2.16. The van der Waals surface area contributed by atoms with Crippen LogP contribution in [-0.2, 0) is 0 Å². The predicted molar refractivity (Wildman–Crippen MR) is 74.6 cm³/mol. The molecule has 1 amide bonds. The first-order valence-electron chi connectivity index (χ1n) is 6.26. The Bertz CT molecular complexity index is 401. The largest absolute Gasteiger partial charge is 0.339 e. The number of carbonyl (C=O) groups is 1. The predicted octanol–water partition coefficient (Wildman–Crippen LogP) is 2.01. The Morgan fingerprint density at radius 1 is 1.44 bits per heavy atom. The van der Waals surface area contributed by atoms with E-state index in [1.165, 1.54) is 25.9 Å². The van der Waals surface area contributed by atoms with E-state index in [0.29, 0.717) is 5.69 Å². The van der Waals surface area contributed by atoms with E-state index in [0.717, 1.165) is 17.6 Å². The third-order valence-electron chi connectivity index (χ3n) is 3.24. The Morgan fingerprint density at radius 2 is 2.17 bits per heavy atom. The molecule has 1 aromatic rings. The molecule has 1 saturated heterocycles. The molecule has 18 heavy (non-hydrogen) atoms. The van der Waals surface area contributed by atoms with Gasteiger partial charge in [-0.15, -0.1) is 0 Å². The summed E-state index contributed by atoms with van der Waals surface area (Å²) < 4.78 is 0.888. The molecule has 0 bridgehead atoms. The maximum Gasteiger partial charge on any atom is 0.272 e. The zero-order chi connectivity index (χ0) is 13.0. The maximum atomic E-state index is 12.1. The number of hydrogen-bond donors (Lipinski definition) is 0. The summed E-state index contributed by atoms with van der Waals surface area (Å²) in [7, 11) is 1.84. The molecule has 0 unspecified atom stereocenters. The molecule has 1 aliphatic rings. The van der Waals surface area contributed by atoms with Gasteiger partial charge in [-0.25, -0.2) is 4.98 Å². The Morgan fingerprint density at radius 3 is 2.78 bits per heavy atom. The second-order valence-corrected chi connectivity index (χ2v) is 5.55. The molecule has 1 aromatic heterocycles. The summed E-state index contributed by atoms with van der Waals surface area (Å²) in [6.45, 7) is 4.05. The fourth-order valence-electron chi connectivity index (χ4n) is 2.10. The van der Waals surface area contributed by atoms with E-state index in [-0.39, 0.29) is 5.91 Å². The van der Waals surface area contributed by atoms with Crippen LogP contribution in [0.2, 0.25) is 0 Å². The van der Waals surface area contributed by atoms with Gasteiger partial charge in [-0.05, 0) is 54.0 Å². The Balaban J connectivity index is 1.85. The van der Waals surface area contributed by atoms with Crippen LogP contribution in [-0.4, -0.2) is 53.9 Å². The lowest BCUT2D eigenvalue weighted by Crippen LogP contribution is -2.35. The number of amides is 1. The standard InChI is InChI=1S/C13H18BrN3O/c1-16(8-9-17-6-2-3-7-17)13(18)12-5-4-11(14)10-15-12/h4-5,10H,2-3,6-9H2,1H3. The third kappa shape index (κ3) is 3.53. The quantitative estimate of drug-likeness (QED) is 0.853. The number of pyridine rings is 1. The van der Waals surface area contributed by atoms with Crippen molar-refractivity contribution >= 4 is 21.8 Å². The normalized spacial score (nSPS) is 15.9. The lowest BCUT2D eigenvalue weighted by atomic mass is 10.3. The molecule has 0 spiro atoms. The van der Waals surface area contributed by atoms with Gasteiger partial charge in [0.2, 0.25) is 0 Å². The molecule has 2 rings (SSSR count). The van der Waals surface area contributed by atoms with E-state index < -0.39 is 0 Å². The topological polar surface area (TPSA) is 36.4 Å². The number of halogens is 1. The van der Waals surface area contributed by atoms with Gasteiger partial charge in [0.25, 0.3) is 5.91 Å². The highest BCUT2D eigenvalue weighted by Crippen LogP contribution is 2.10. The fourth-order valence-corrected chi connectivity index (χ4v) is 2.33. The van der Waals surface area contributed by atoms with Crippen molar-refractivity contribution in [2.75, 3.05) is 33.2 Å². The highest BCUT2D eigenvalue weighted by molar-refractivity contribution is 9.10. The summed E-state index contributed by atoms with van der Waals surface area (Å²) in [5, 5.41) is 0. The van der Waals surface area contributed by atoms with Crippen LogP contribution in [0.25, 0.3) is 0 Å². The van der Waals surface area contributed by atoms with Crippen LogP contribution < -0.4 is 0 Å². The van der Waals surface area contributed by atoms with Gasteiger partial charge in [0.15, 0.2) is 0 Å². The summed E-state index contributed by atoms with van der Waals surface area (Å²) in [6.07, 6.45) is 4.22. The monoisotopic (exact) mass is 311 g/mol. The van der Waals surface area contributed by atoms with Gasteiger partial charge in [-0.1, -0.05) is 0 Å². The van der Waals surface area contributed by atoms with E-state index in [1.807, 2.05) is 13.1 Å². The van der Waals surface area contributed by atoms with Crippen LogP contribution in [0.5, 0.6) is 0 Å². The molecule has 1 aliphatic heterocycles. The molecular formula is C13H18BrN3O. The molecule has 2 heterocycles. The number of carbonyl (C=O) groups excluding carboxylic acids is 1. The van der Waals surface area contributed by atoms with Crippen molar-refractivity contribution in [2.24, 2.45) is 0 Å². The van der Waals surface area contributed by atoms with Gasteiger partial charge in [-0.2, -0.15) is 0 Å². The van der Waals surface area contributed by atoms with Crippen LogP contribution in [0.1, 0.15) is 23.3 Å². The van der Waals surface area contributed by atoms with E-state index in [1.54, 1.807) is 17.2 Å². The first-order valence-corrected chi connectivity index (χ1v) is 7.05. The molecule has 5 heteroatoms. The van der Waals surface area contributed by atoms with Crippen molar-refractivity contribution < 1.29 is 4.79 Å². The van der Waals surface area contributed by atoms with E-state index in [2.05, 4.69) is 25.8 Å². The minimum Gasteiger partial charge on any atom is -0.339 e. The molecule has 0 radical (unpaired) electrons. The molecule has 0 aliphatic carbocycles. The molecule has 0 aromatic carbocycles. The number of rotatable bonds is 4. The molecule has 0 atom stereocenters. The van der Waals surface area contributed by atoms with Crippen molar-refractivity contribution in [3.8, 4) is 0 Å². The van der Waals surface area contributed by atoms with Gasteiger partial charge < -0.3 is 9.80 Å². The second kappa shape index (κ2) is 6.29. The Labute approximate surface area is 116 Å². The number of hydrogen-bond acceptors (Lipinski definition) is 3. The zero-order valence-electron chi connectivity index (χ0n) is 10.6. The summed E-state index contributed by atoms with van der Waals surface area (Å²) in [5.74, 6) is -0.0123. The average molecular weight is 312 g/mol. The van der Waals surface area contributed by atoms with Crippen molar-refractivity contribution in [3.63, 3.8) is 0 Å². The minimum absolute atomic E-state index is 0.0123. The summed E-state index contributed by atoms with van der Waals surface area (Å²) in [5.41, 5.74) is 0.502. The molecule has 4 nitrogen and oxygen atoms in total. The smallest absolute Gasteiger partial charge is 0.272 e. The molecule has 0 N–H and O–H groups in total. The second-order valence-electron chi connectivity index (χ2n) is 4.64. The fraction of sp³-hybridized carbons (Fsp3) is 0.538. The summed E-state index contributed by atoms with van der Waals surface area (Å²) >= 11 is 3.31. The average Bonchev–Trinajstić information content (AvgIpc) is 2.89. The van der Waals surface area contributed by atoms with Crippen molar-refractivity contribution in [1.82, 2.24) is 14.8 Å². The summed E-state index contributed by atoms with van der Waals surface area (Å²) in [6, 6.07) is 3.59. The molecule has 1 fully saturated rings. The first-order chi connectivity index (χ1) is 8.66. The molecule has 98 valence electrons. The van der Waals surface area contributed by atoms with Crippen molar-refractivity contribution in [3.05, 3.63) is 28.5 Å². The van der Waals surface area contributed by atoms with Gasteiger partial charge >= 0.3 is 0 Å². The van der Waals surface area contributed by atoms with E-state index >= 15 is 0 Å². The number of aromatic nitrogens is 1. The molecule has 0 saturated carbocycles. The maximum absolute atomic E-state index is 12.1. The summed E-state index contributed by atoms with van der Waals surface area (Å²) in [4.78, 5) is 20.4. The zero-order valence-corrected chi connectivity index (χ0v) is 12.2. The van der Waals surface area contributed by atoms with Gasteiger partial charge in [0.1, 0.15) is 5.69 Å². The SMILES string of the molecule is CN(CCN1CCCC1)C(=O)c1ccc(Br)cn1. The highest BCUT2D eigenvalue weighted by atomic mass is 79.9. The van der Waals surface area contributed by atoms with Crippen molar-refractivity contribution in [2.45, 2.75) is 12.8 Å². The van der Waals surface area contributed by atoms with Gasteiger partial charge in [0, 0.05) is 30.8 Å². The van der Waals surface area contributed by atoms with Gasteiger partial charge in [0.05, 0.1) is 0 Å². The van der Waals surface area contributed by atoms with Crippen LogP contribution in [0.15, 0.2) is 22.8 Å². The minimum atomic E-state index is -0.0123. The third-order valence-corrected chi connectivity index (χ3v) is 3.71. The van der Waals surface area contributed by atoms with Crippen LogP contribution in [0.3, 0.4) is 0 Å². The van der Waals surface area contributed by atoms with Crippen LogP contribution >= 0.6 is 15.9 Å². The van der Waals surface area contributed by atoms with Crippen LogP contribution in [0.4, 0.5) is 0 Å². The van der Waals surface area contributed by atoms with Crippen molar-refractivity contribution in [1.29, 1.82) is 0 Å². The first kappa shape index (κ1) is 13.5. The molecular weight excluding hydrogens is 294 g/mol. The number of nitrogens with zero attached hydrogens (tertiary/aromatic N) is 3. The number of likely N-dealkylation sites (N-methyl/N-ethyl adjacent to an activating group) is 1. The lowest BCUT2D eigenvalue weighted by molar-refractivity contribution is 0.0776. The Kier molecular flexibility index (Phi) is 4.72.